The van der Waals surface area contributed by atoms with E-state index in [4.69, 9.17) is 21.1 Å². The van der Waals surface area contributed by atoms with Crippen molar-refractivity contribution in [2.45, 2.75) is 13.0 Å². The maximum Gasteiger partial charge on any atom is 0.325 e. The second-order valence-electron chi connectivity index (χ2n) is 6.01. The number of urea groups is 1. The van der Waals surface area contributed by atoms with E-state index < -0.39 is 11.9 Å². The summed E-state index contributed by atoms with van der Waals surface area (Å²) in [6.07, 6.45) is 0. The molecule has 1 aliphatic heterocycles. The first-order chi connectivity index (χ1) is 13.0. The summed E-state index contributed by atoms with van der Waals surface area (Å²) in [5.41, 5.74) is 1.50. The van der Waals surface area contributed by atoms with Gasteiger partial charge in [0, 0.05) is 22.8 Å². The molecule has 1 aliphatic rings. The highest BCUT2D eigenvalue weighted by atomic mass is 35.5. The summed E-state index contributed by atoms with van der Waals surface area (Å²) in [5, 5.41) is 8.59. The fourth-order valence-electron chi connectivity index (χ4n) is 2.57. The van der Waals surface area contributed by atoms with Gasteiger partial charge in [-0.25, -0.2) is 4.79 Å². The van der Waals surface area contributed by atoms with Crippen LogP contribution in [0.1, 0.15) is 18.5 Å². The fraction of sp³-hybridized carbons (Fsp3) is 0.263. The smallest absolute Gasteiger partial charge is 0.325 e. The first-order valence-corrected chi connectivity index (χ1v) is 8.88. The standard InChI is InChI=1S/C19H20ClN3O4/c1-12(13-2-4-14(20)5-3-13)21-11-18(24)23-19(25)22-15-6-7-16-17(10-15)27-9-8-26-16/h2-7,10,12,21H,8-9,11H2,1H3,(H2,22,23,24,25). The molecule has 1 heterocycles. The monoisotopic (exact) mass is 389 g/mol. The summed E-state index contributed by atoms with van der Waals surface area (Å²) in [5.74, 6) is 0.748. The average Bonchev–Trinajstić information content (AvgIpc) is 2.66. The van der Waals surface area contributed by atoms with E-state index in [2.05, 4.69) is 16.0 Å². The molecule has 2 aromatic rings. The zero-order valence-electron chi connectivity index (χ0n) is 14.8. The number of anilines is 1. The fourth-order valence-corrected chi connectivity index (χ4v) is 2.70. The molecule has 0 aliphatic carbocycles. The average molecular weight is 390 g/mol. The lowest BCUT2D eigenvalue weighted by Crippen LogP contribution is -2.40. The number of carbonyl (C=O) groups is 2. The van der Waals surface area contributed by atoms with Gasteiger partial charge in [-0.15, -0.1) is 0 Å². The van der Waals surface area contributed by atoms with Gasteiger partial charge in [0.1, 0.15) is 13.2 Å². The van der Waals surface area contributed by atoms with Gasteiger partial charge < -0.3 is 20.1 Å². The van der Waals surface area contributed by atoms with Crippen LogP contribution in [0.15, 0.2) is 42.5 Å². The van der Waals surface area contributed by atoms with Gasteiger partial charge in [0.05, 0.1) is 6.54 Å². The second-order valence-corrected chi connectivity index (χ2v) is 6.45. The SMILES string of the molecule is CC(NCC(=O)NC(=O)Nc1ccc2c(c1)OCCO2)c1ccc(Cl)cc1. The lowest BCUT2D eigenvalue weighted by molar-refractivity contribution is -0.119. The predicted octanol–water partition coefficient (Wildman–Crippen LogP) is 3.11. The van der Waals surface area contributed by atoms with Crippen LogP contribution in [-0.2, 0) is 4.79 Å². The molecule has 7 nitrogen and oxygen atoms in total. The van der Waals surface area contributed by atoms with Gasteiger partial charge in [-0.1, -0.05) is 23.7 Å². The molecule has 0 saturated carbocycles. The number of carbonyl (C=O) groups excluding carboxylic acids is 2. The lowest BCUT2D eigenvalue weighted by atomic mass is 10.1. The quantitative estimate of drug-likeness (QED) is 0.731. The third kappa shape index (κ3) is 5.35. The number of hydrogen-bond donors (Lipinski definition) is 3. The Bertz CT molecular complexity index is 826. The first-order valence-electron chi connectivity index (χ1n) is 8.50. The molecule has 2 aromatic carbocycles. The van der Waals surface area contributed by atoms with Crippen LogP contribution in [0.4, 0.5) is 10.5 Å². The van der Waals surface area contributed by atoms with Crippen molar-refractivity contribution in [3.05, 3.63) is 53.1 Å². The topological polar surface area (TPSA) is 88.7 Å². The number of benzene rings is 2. The minimum Gasteiger partial charge on any atom is -0.486 e. The number of imide groups is 1. The summed E-state index contributed by atoms with van der Waals surface area (Å²) in [6.45, 7) is 2.87. The van der Waals surface area contributed by atoms with Gasteiger partial charge >= 0.3 is 6.03 Å². The van der Waals surface area contributed by atoms with Crippen LogP contribution in [0, 0.1) is 0 Å². The van der Waals surface area contributed by atoms with E-state index in [-0.39, 0.29) is 12.6 Å². The number of hydrogen-bond acceptors (Lipinski definition) is 5. The molecular formula is C19H20ClN3O4. The van der Waals surface area contributed by atoms with Crippen LogP contribution in [0.3, 0.4) is 0 Å². The molecule has 1 unspecified atom stereocenters. The van der Waals surface area contributed by atoms with E-state index >= 15 is 0 Å². The summed E-state index contributed by atoms with van der Waals surface area (Å²) >= 11 is 5.86. The molecule has 3 N–H and O–H groups in total. The Morgan fingerprint density at radius 3 is 2.52 bits per heavy atom. The minimum atomic E-state index is -0.613. The van der Waals surface area contributed by atoms with Crippen molar-refractivity contribution >= 4 is 29.2 Å². The van der Waals surface area contributed by atoms with Crippen LogP contribution in [0.5, 0.6) is 11.5 Å². The Morgan fingerprint density at radius 1 is 1.07 bits per heavy atom. The number of rotatable bonds is 5. The number of fused-ring (bicyclic) bond motifs is 1. The minimum absolute atomic E-state index is 0.00163. The van der Waals surface area contributed by atoms with Gasteiger partial charge in [-0.2, -0.15) is 0 Å². The van der Waals surface area contributed by atoms with Crippen LogP contribution < -0.4 is 25.4 Å². The Hall–Kier alpha value is -2.77. The second kappa shape index (κ2) is 8.75. The van der Waals surface area contributed by atoms with Gasteiger partial charge in [0.15, 0.2) is 11.5 Å². The van der Waals surface area contributed by atoms with Crippen molar-refractivity contribution in [1.82, 2.24) is 10.6 Å². The first kappa shape index (κ1) is 19.0. The predicted molar refractivity (Wildman–Crippen MR) is 102 cm³/mol. The molecule has 1 atom stereocenters. The summed E-state index contributed by atoms with van der Waals surface area (Å²) in [7, 11) is 0. The molecule has 27 heavy (non-hydrogen) atoms. The zero-order chi connectivity index (χ0) is 19.2. The molecular weight excluding hydrogens is 370 g/mol. The third-order valence-corrected chi connectivity index (χ3v) is 4.24. The van der Waals surface area contributed by atoms with Gasteiger partial charge in [0.2, 0.25) is 5.91 Å². The van der Waals surface area contributed by atoms with Gasteiger partial charge in [-0.3, -0.25) is 10.1 Å². The Kier molecular flexibility index (Phi) is 6.16. The van der Waals surface area contributed by atoms with Crippen molar-refractivity contribution in [3.63, 3.8) is 0 Å². The molecule has 142 valence electrons. The van der Waals surface area contributed by atoms with Crippen molar-refractivity contribution in [3.8, 4) is 11.5 Å². The summed E-state index contributed by atoms with van der Waals surface area (Å²) < 4.78 is 10.9. The van der Waals surface area contributed by atoms with Crippen molar-refractivity contribution in [2.24, 2.45) is 0 Å². The molecule has 3 amide bonds. The highest BCUT2D eigenvalue weighted by Crippen LogP contribution is 2.32. The van der Waals surface area contributed by atoms with Gasteiger partial charge in [-0.05, 0) is 36.8 Å². The molecule has 0 bridgehead atoms. The maximum atomic E-state index is 12.0. The van der Waals surface area contributed by atoms with Crippen LogP contribution in [-0.4, -0.2) is 31.7 Å². The Morgan fingerprint density at radius 2 is 1.78 bits per heavy atom. The Balaban J connectivity index is 1.46. The highest BCUT2D eigenvalue weighted by molar-refractivity contribution is 6.30. The van der Waals surface area contributed by atoms with E-state index in [0.717, 1.165) is 5.56 Å². The Labute approximate surface area is 162 Å². The van der Waals surface area contributed by atoms with Crippen LogP contribution in [0.25, 0.3) is 0 Å². The van der Waals surface area contributed by atoms with Crippen molar-refractivity contribution < 1.29 is 19.1 Å². The third-order valence-electron chi connectivity index (χ3n) is 3.99. The molecule has 3 rings (SSSR count). The van der Waals surface area contributed by atoms with Crippen molar-refractivity contribution in [2.75, 3.05) is 25.1 Å². The molecule has 0 radical (unpaired) electrons. The lowest BCUT2D eigenvalue weighted by Gasteiger charge is -2.19. The normalized spacial score (nSPS) is 13.6. The largest absolute Gasteiger partial charge is 0.486 e. The molecule has 0 saturated heterocycles. The number of ether oxygens (including phenoxy) is 2. The molecule has 0 spiro atoms. The summed E-state index contributed by atoms with van der Waals surface area (Å²) in [4.78, 5) is 24.0. The number of nitrogens with one attached hydrogen (secondary N) is 3. The molecule has 0 aromatic heterocycles. The molecule has 8 heteroatoms. The maximum absolute atomic E-state index is 12.0. The van der Waals surface area contributed by atoms with Crippen LogP contribution >= 0.6 is 11.6 Å². The van der Waals surface area contributed by atoms with Crippen LogP contribution in [0.2, 0.25) is 5.02 Å². The molecule has 0 fully saturated rings. The van der Waals surface area contributed by atoms with Gasteiger partial charge in [0.25, 0.3) is 0 Å². The number of halogens is 1. The summed E-state index contributed by atoms with van der Waals surface area (Å²) in [6, 6.07) is 11.7. The van der Waals surface area contributed by atoms with E-state index in [1.807, 2.05) is 19.1 Å². The van der Waals surface area contributed by atoms with E-state index in [9.17, 15) is 9.59 Å². The van der Waals surface area contributed by atoms with E-state index in [1.165, 1.54) is 0 Å². The van der Waals surface area contributed by atoms with E-state index in [1.54, 1.807) is 30.3 Å². The van der Waals surface area contributed by atoms with E-state index in [0.29, 0.717) is 35.4 Å². The van der Waals surface area contributed by atoms with Crippen molar-refractivity contribution in [1.29, 1.82) is 0 Å². The highest BCUT2D eigenvalue weighted by Gasteiger charge is 2.14. The zero-order valence-corrected chi connectivity index (χ0v) is 15.5. The number of amides is 3.